The first kappa shape index (κ1) is 23.9. The summed E-state index contributed by atoms with van der Waals surface area (Å²) >= 11 is 0. The summed E-state index contributed by atoms with van der Waals surface area (Å²) in [5.41, 5.74) is -0.808. The van der Waals surface area contributed by atoms with Crippen molar-refractivity contribution in [2.75, 3.05) is 32.1 Å². The number of rotatable bonds is 5. The Kier molecular flexibility index (Phi) is 6.75. The van der Waals surface area contributed by atoms with Gasteiger partial charge in [0.25, 0.3) is 5.91 Å². The van der Waals surface area contributed by atoms with Gasteiger partial charge in [-0.2, -0.15) is 13.2 Å². The number of hydrogen-bond acceptors (Lipinski definition) is 5. The summed E-state index contributed by atoms with van der Waals surface area (Å²) in [5, 5.41) is 2.80. The Morgan fingerprint density at radius 1 is 1.16 bits per heavy atom. The van der Waals surface area contributed by atoms with Crippen molar-refractivity contribution < 1.29 is 30.8 Å². The van der Waals surface area contributed by atoms with Gasteiger partial charge in [0.15, 0.2) is 0 Å². The molecule has 1 saturated heterocycles. The molecule has 0 unspecified atom stereocenters. The van der Waals surface area contributed by atoms with Crippen LogP contribution in [0, 0.1) is 5.82 Å². The number of halogens is 4. The summed E-state index contributed by atoms with van der Waals surface area (Å²) < 4.78 is 77.4. The topological polar surface area (TPSA) is 82.6 Å². The van der Waals surface area contributed by atoms with Gasteiger partial charge in [-0.05, 0) is 43.2 Å². The molecular weight excluding hydrogens is 452 g/mol. The number of carbonyl (C=O) groups excluding carboxylic acids is 1. The first-order valence-corrected chi connectivity index (χ1v) is 11.1. The molecule has 7 nitrogen and oxygen atoms in total. The zero-order valence-electron chi connectivity index (χ0n) is 17.4. The summed E-state index contributed by atoms with van der Waals surface area (Å²) in [6.45, 7) is 0.931. The first-order chi connectivity index (χ1) is 14.9. The molecule has 1 aromatic heterocycles. The minimum atomic E-state index is -4.45. The number of amides is 1. The van der Waals surface area contributed by atoms with Crippen molar-refractivity contribution in [2.45, 2.75) is 30.0 Å². The SMILES string of the molecule is CN(C)S(=O)(=O)c1cc(C(=O)NC2CCN(c3ccc(C(F)(F)F)cn3)CC2)ccc1F. The minimum Gasteiger partial charge on any atom is -0.356 e. The zero-order valence-corrected chi connectivity index (χ0v) is 18.2. The second-order valence-electron chi connectivity index (χ2n) is 7.57. The van der Waals surface area contributed by atoms with Crippen LogP contribution in [0.5, 0.6) is 0 Å². The molecule has 1 amide bonds. The summed E-state index contributed by atoms with van der Waals surface area (Å²) in [5.74, 6) is -1.07. The normalized spacial score (nSPS) is 15.8. The fourth-order valence-corrected chi connectivity index (χ4v) is 4.29. The average Bonchev–Trinajstić information content (AvgIpc) is 2.73. The molecule has 0 spiro atoms. The van der Waals surface area contributed by atoms with Crippen molar-refractivity contribution in [3.8, 4) is 0 Å². The second kappa shape index (κ2) is 9.02. The molecule has 174 valence electrons. The highest BCUT2D eigenvalue weighted by molar-refractivity contribution is 7.89. The van der Waals surface area contributed by atoms with E-state index in [1.807, 2.05) is 4.90 Å². The Balaban J connectivity index is 1.63. The monoisotopic (exact) mass is 474 g/mol. The van der Waals surface area contributed by atoms with Gasteiger partial charge in [0.2, 0.25) is 10.0 Å². The van der Waals surface area contributed by atoms with Crippen LogP contribution in [0.25, 0.3) is 0 Å². The van der Waals surface area contributed by atoms with Crippen molar-refractivity contribution in [1.29, 1.82) is 0 Å². The molecule has 0 aliphatic carbocycles. The molecule has 1 fully saturated rings. The summed E-state index contributed by atoms with van der Waals surface area (Å²) in [6.07, 6.45) is -2.64. The third-order valence-corrected chi connectivity index (χ3v) is 7.01. The van der Waals surface area contributed by atoms with Gasteiger partial charge < -0.3 is 10.2 Å². The number of aromatic nitrogens is 1. The minimum absolute atomic E-state index is 0.0126. The molecule has 0 atom stereocenters. The molecule has 1 aliphatic heterocycles. The highest BCUT2D eigenvalue weighted by Crippen LogP contribution is 2.30. The molecule has 3 rings (SSSR count). The van der Waals surface area contributed by atoms with Crippen LogP contribution in [0.1, 0.15) is 28.8 Å². The van der Waals surface area contributed by atoms with E-state index in [1.165, 1.54) is 26.2 Å². The predicted octanol–water partition coefficient (Wildman–Crippen LogP) is 2.89. The number of hydrogen-bond donors (Lipinski definition) is 1. The van der Waals surface area contributed by atoms with E-state index >= 15 is 0 Å². The fraction of sp³-hybridized carbons (Fsp3) is 0.400. The lowest BCUT2D eigenvalue weighted by Crippen LogP contribution is -2.45. The lowest BCUT2D eigenvalue weighted by Gasteiger charge is -2.33. The number of piperidine rings is 1. The van der Waals surface area contributed by atoms with E-state index in [1.54, 1.807) is 0 Å². The Morgan fingerprint density at radius 3 is 2.34 bits per heavy atom. The Labute approximate surface area is 183 Å². The third kappa shape index (κ3) is 5.18. The molecule has 2 heterocycles. The standard InChI is InChI=1S/C20H22F4N4O3S/c1-27(2)32(30,31)17-11-13(3-5-16(17)21)19(29)26-15-7-9-28(10-8-15)18-6-4-14(12-25-18)20(22,23)24/h3-6,11-12,15H,7-10H2,1-2H3,(H,26,29). The number of benzene rings is 1. The van der Waals surface area contributed by atoms with Crippen LogP contribution in [0.15, 0.2) is 41.4 Å². The van der Waals surface area contributed by atoms with Gasteiger partial charge in [-0.15, -0.1) is 0 Å². The van der Waals surface area contributed by atoms with E-state index in [2.05, 4.69) is 10.3 Å². The smallest absolute Gasteiger partial charge is 0.356 e. The largest absolute Gasteiger partial charge is 0.417 e. The number of alkyl halides is 3. The van der Waals surface area contributed by atoms with Gasteiger partial charge in [-0.1, -0.05) is 0 Å². The number of carbonyl (C=O) groups is 1. The molecule has 1 aliphatic rings. The molecule has 0 radical (unpaired) electrons. The highest BCUT2D eigenvalue weighted by Gasteiger charge is 2.31. The van der Waals surface area contributed by atoms with Crippen LogP contribution >= 0.6 is 0 Å². The molecule has 1 N–H and O–H groups in total. The lowest BCUT2D eigenvalue weighted by molar-refractivity contribution is -0.137. The van der Waals surface area contributed by atoms with Crippen molar-refractivity contribution in [3.05, 3.63) is 53.5 Å². The van der Waals surface area contributed by atoms with Crippen LogP contribution in [0.4, 0.5) is 23.4 Å². The van der Waals surface area contributed by atoms with Gasteiger partial charge in [0.05, 0.1) is 5.56 Å². The molecule has 12 heteroatoms. The number of nitrogens with one attached hydrogen (secondary N) is 1. The van der Waals surface area contributed by atoms with Gasteiger partial charge >= 0.3 is 6.18 Å². The van der Waals surface area contributed by atoms with E-state index in [4.69, 9.17) is 0 Å². The quantitative estimate of drug-likeness (QED) is 0.674. The van der Waals surface area contributed by atoms with Crippen molar-refractivity contribution in [3.63, 3.8) is 0 Å². The molecular formula is C20H22F4N4O3S. The second-order valence-corrected chi connectivity index (χ2v) is 9.69. The van der Waals surface area contributed by atoms with E-state index in [0.29, 0.717) is 31.7 Å². The van der Waals surface area contributed by atoms with Crippen LogP contribution in [0.2, 0.25) is 0 Å². The summed E-state index contributed by atoms with van der Waals surface area (Å²) in [4.78, 5) is 17.7. The van der Waals surface area contributed by atoms with Gasteiger partial charge in [0, 0.05) is 45.0 Å². The van der Waals surface area contributed by atoms with E-state index in [-0.39, 0.29) is 11.6 Å². The highest BCUT2D eigenvalue weighted by atomic mass is 32.2. The Bertz CT molecular complexity index is 1080. The molecule has 32 heavy (non-hydrogen) atoms. The van der Waals surface area contributed by atoms with Crippen molar-refractivity contribution >= 4 is 21.7 Å². The molecule has 0 bridgehead atoms. The Hall–Kier alpha value is -2.73. The predicted molar refractivity (Wildman–Crippen MR) is 109 cm³/mol. The van der Waals surface area contributed by atoms with Crippen LogP contribution in [-0.2, 0) is 16.2 Å². The number of pyridine rings is 1. The van der Waals surface area contributed by atoms with Crippen LogP contribution < -0.4 is 10.2 Å². The molecule has 2 aromatic rings. The van der Waals surface area contributed by atoms with E-state index in [0.717, 1.165) is 28.7 Å². The maximum atomic E-state index is 14.0. The number of anilines is 1. The maximum absolute atomic E-state index is 14.0. The molecule has 0 saturated carbocycles. The Morgan fingerprint density at radius 2 is 1.81 bits per heavy atom. The van der Waals surface area contributed by atoms with Crippen molar-refractivity contribution in [2.24, 2.45) is 0 Å². The van der Waals surface area contributed by atoms with Crippen molar-refractivity contribution in [1.82, 2.24) is 14.6 Å². The van der Waals surface area contributed by atoms with E-state index < -0.39 is 38.4 Å². The van der Waals surface area contributed by atoms with Gasteiger partial charge in [-0.3, -0.25) is 4.79 Å². The molecule has 1 aromatic carbocycles. The summed E-state index contributed by atoms with van der Waals surface area (Å²) in [6, 6.07) is 5.20. The number of nitrogens with zero attached hydrogens (tertiary/aromatic N) is 3. The fourth-order valence-electron chi connectivity index (χ4n) is 3.30. The maximum Gasteiger partial charge on any atom is 0.417 e. The van der Waals surface area contributed by atoms with Gasteiger partial charge in [0.1, 0.15) is 16.5 Å². The summed E-state index contributed by atoms with van der Waals surface area (Å²) in [7, 11) is -1.52. The zero-order chi connectivity index (χ0) is 23.7. The van der Waals surface area contributed by atoms with Crippen LogP contribution in [-0.4, -0.2) is 56.8 Å². The van der Waals surface area contributed by atoms with Gasteiger partial charge in [-0.25, -0.2) is 22.1 Å². The first-order valence-electron chi connectivity index (χ1n) is 9.70. The third-order valence-electron chi connectivity index (χ3n) is 5.18. The van der Waals surface area contributed by atoms with Crippen LogP contribution in [0.3, 0.4) is 0 Å². The number of sulfonamides is 1. The van der Waals surface area contributed by atoms with E-state index in [9.17, 15) is 30.8 Å². The average molecular weight is 474 g/mol. The lowest BCUT2D eigenvalue weighted by atomic mass is 10.0.